The van der Waals surface area contributed by atoms with Crippen molar-refractivity contribution in [3.63, 3.8) is 0 Å². The van der Waals surface area contributed by atoms with Crippen molar-refractivity contribution in [3.05, 3.63) is 0 Å². The van der Waals surface area contributed by atoms with Crippen LogP contribution >= 0.6 is 0 Å². The van der Waals surface area contributed by atoms with Crippen molar-refractivity contribution in [2.75, 3.05) is 33.0 Å². The first kappa shape index (κ1) is 13.7. The summed E-state index contributed by atoms with van der Waals surface area (Å²) in [5, 5.41) is 12.6. The number of rotatable bonds is 5. The highest BCUT2D eigenvalue weighted by molar-refractivity contribution is 5.87. The lowest BCUT2D eigenvalue weighted by molar-refractivity contribution is -0.145. The Morgan fingerprint density at radius 3 is 2.61 bits per heavy atom. The smallest absolute Gasteiger partial charge is 0.245 e. The van der Waals surface area contributed by atoms with Crippen LogP contribution in [0.2, 0.25) is 0 Å². The standard InChI is InChI=1S/C12H22N2O4/c1-11(2)9(15)14(10(16)13-11)4-5-17-6-12(3)7-18-8-12/h10,13,16H,4-8H2,1-3H3. The molecule has 0 aromatic heterocycles. The van der Waals surface area contributed by atoms with Gasteiger partial charge in [0.1, 0.15) is 0 Å². The average Bonchev–Trinajstić information content (AvgIpc) is 2.43. The lowest BCUT2D eigenvalue weighted by Crippen LogP contribution is -2.44. The number of nitrogens with zero attached hydrogens (tertiary/aromatic N) is 1. The van der Waals surface area contributed by atoms with Gasteiger partial charge in [-0.25, -0.2) is 0 Å². The third-order valence-corrected chi connectivity index (χ3v) is 3.41. The monoisotopic (exact) mass is 258 g/mol. The Hall–Kier alpha value is -0.690. The second-order valence-electron chi connectivity index (χ2n) is 6.00. The van der Waals surface area contributed by atoms with Crippen molar-refractivity contribution in [1.29, 1.82) is 0 Å². The van der Waals surface area contributed by atoms with E-state index in [4.69, 9.17) is 9.47 Å². The first-order valence-electron chi connectivity index (χ1n) is 6.26. The summed E-state index contributed by atoms with van der Waals surface area (Å²) in [5.41, 5.74) is -0.585. The molecule has 1 atom stereocenters. The van der Waals surface area contributed by atoms with Gasteiger partial charge in [-0.2, -0.15) is 0 Å². The van der Waals surface area contributed by atoms with Gasteiger partial charge in [0, 0.05) is 12.0 Å². The van der Waals surface area contributed by atoms with Gasteiger partial charge in [0.15, 0.2) is 6.35 Å². The normalized spacial score (nSPS) is 29.4. The van der Waals surface area contributed by atoms with Crippen LogP contribution in [-0.4, -0.2) is 60.8 Å². The number of hydrogen-bond donors (Lipinski definition) is 2. The van der Waals surface area contributed by atoms with E-state index in [0.717, 1.165) is 13.2 Å². The van der Waals surface area contributed by atoms with Gasteiger partial charge in [-0.1, -0.05) is 6.92 Å². The van der Waals surface area contributed by atoms with Crippen LogP contribution < -0.4 is 5.32 Å². The molecule has 0 bridgehead atoms. The Kier molecular flexibility index (Phi) is 3.64. The maximum atomic E-state index is 11.9. The Morgan fingerprint density at radius 1 is 1.50 bits per heavy atom. The zero-order chi connectivity index (χ0) is 13.4. The van der Waals surface area contributed by atoms with E-state index in [-0.39, 0.29) is 11.3 Å². The molecule has 6 heteroatoms. The molecule has 104 valence electrons. The number of hydrogen-bond acceptors (Lipinski definition) is 5. The van der Waals surface area contributed by atoms with Crippen molar-refractivity contribution in [3.8, 4) is 0 Å². The summed E-state index contributed by atoms with van der Waals surface area (Å²) in [5.74, 6) is -0.100. The van der Waals surface area contributed by atoms with E-state index in [9.17, 15) is 9.90 Å². The van der Waals surface area contributed by atoms with E-state index in [1.807, 2.05) is 0 Å². The molecular weight excluding hydrogens is 236 g/mol. The van der Waals surface area contributed by atoms with Gasteiger partial charge >= 0.3 is 0 Å². The molecule has 0 radical (unpaired) electrons. The number of carbonyl (C=O) groups excluding carboxylic acids is 1. The van der Waals surface area contributed by atoms with Crippen molar-refractivity contribution in [2.24, 2.45) is 5.41 Å². The van der Waals surface area contributed by atoms with Gasteiger partial charge in [0.25, 0.3) is 0 Å². The second-order valence-corrected chi connectivity index (χ2v) is 6.00. The zero-order valence-corrected chi connectivity index (χ0v) is 11.2. The van der Waals surface area contributed by atoms with E-state index >= 15 is 0 Å². The Balaban J connectivity index is 1.72. The van der Waals surface area contributed by atoms with Crippen molar-refractivity contribution < 1.29 is 19.4 Å². The predicted molar refractivity (Wildman–Crippen MR) is 64.7 cm³/mol. The molecule has 0 aliphatic carbocycles. The minimum Gasteiger partial charge on any atom is -0.380 e. The largest absolute Gasteiger partial charge is 0.380 e. The van der Waals surface area contributed by atoms with E-state index < -0.39 is 11.9 Å². The Bertz CT molecular complexity index is 328. The van der Waals surface area contributed by atoms with E-state index in [1.165, 1.54) is 4.90 Å². The number of aliphatic hydroxyl groups is 1. The van der Waals surface area contributed by atoms with Crippen molar-refractivity contribution in [2.45, 2.75) is 32.7 Å². The van der Waals surface area contributed by atoms with Crippen LogP contribution in [0.4, 0.5) is 0 Å². The maximum Gasteiger partial charge on any atom is 0.245 e. The molecule has 0 saturated carbocycles. The minimum absolute atomic E-state index is 0.100. The highest BCUT2D eigenvalue weighted by atomic mass is 16.5. The molecule has 2 heterocycles. The lowest BCUT2D eigenvalue weighted by Gasteiger charge is -2.37. The van der Waals surface area contributed by atoms with Crippen LogP contribution in [0.5, 0.6) is 0 Å². The van der Waals surface area contributed by atoms with E-state index in [0.29, 0.717) is 19.8 Å². The van der Waals surface area contributed by atoms with Gasteiger partial charge in [0.2, 0.25) is 5.91 Å². The number of amides is 1. The van der Waals surface area contributed by atoms with Gasteiger partial charge in [-0.05, 0) is 13.8 Å². The molecule has 1 amide bonds. The first-order chi connectivity index (χ1) is 8.34. The molecule has 18 heavy (non-hydrogen) atoms. The molecule has 2 aliphatic rings. The Labute approximate surface area is 107 Å². The van der Waals surface area contributed by atoms with Crippen LogP contribution in [0.1, 0.15) is 20.8 Å². The summed E-state index contributed by atoms with van der Waals surface area (Å²) in [6.45, 7) is 8.53. The third kappa shape index (κ3) is 2.66. The summed E-state index contributed by atoms with van der Waals surface area (Å²) >= 11 is 0. The minimum atomic E-state index is -0.918. The summed E-state index contributed by atoms with van der Waals surface area (Å²) in [6.07, 6.45) is -0.918. The molecule has 1 unspecified atom stereocenters. The van der Waals surface area contributed by atoms with Crippen LogP contribution in [0, 0.1) is 5.41 Å². The molecule has 2 saturated heterocycles. The molecule has 0 aromatic rings. The molecule has 2 rings (SSSR count). The number of nitrogens with one attached hydrogen (secondary N) is 1. The van der Waals surface area contributed by atoms with Gasteiger partial charge in [0.05, 0.1) is 32.0 Å². The molecule has 2 fully saturated rings. The summed E-state index contributed by atoms with van der Waals surface area (Å²) in [6, 6.07) is 0. The quantitative estimate of drug-likeness (QED) is 0.652. The van der Waals surface area contributed by atoms with Gasteiger partial charge in [-0.3, -0.25) is 10.1 Å². The van der Waals surface area contributed by atoms with Gasteiger partial charge < -0.3 is 19.5 Å². The second kappa shape index (κ2) is 4.77. The van der Waals surface area contributed by atoms with E-state index in [2.05, 4.69) is 12.2 Å². The maximum absolute atomic E-state index is 11.9. The fourth-order valence-corrected chi connectivity index (χ4v) is 2.17. The lowest BCUT2D eigenvalue weighted by atomic mass is 9.90. The summed E-state index contributed by atoms with van der Waals surface area (Å²) in [4.78, 5) is 13.3. The molecule has 2 N–H and O–H groups in total. The molecule has 0 spiro atoms. The number of aliphatic hydroxyl groups excluding tert-OH is 1. The van der Waals surface area contributed by atoms with Crippen molar-refractivity contribution >= 4 is 5.91 Å². The fraction of sp³-hybridized carbons (Fsp3) is 0.917. The predicted octanol–water partition coefficient (Wildman–Crippen LogP) is -0.474. The SMILES string of the molecule is CC1(COCCN2C(=O)C(C)(C)NC2O)COC1. The van der Waals surface area contributed by atoms with Crippen LogP contribution in [0.25, 0.3) is 0 Å². The first-order valence-corrected chi connectivity index (χ1v) is 6.26. The molecular formula is C12H22N2O4. The van der Waals surface area contributed by atoms with Crippen LogP contribution in [0.3, 0.4) is 0 Å². The van der Waals surface area contributed by atoms with Crippen LogP contribution in [-0.2, 0) is 14.3 Å². The number of ether oxygens (including phenoxy) is 2. The highest BCUT2D eigenvalue weighted by Crippen LogP contribution is 2.26. The third-order valence-electron chi connectivity index (χ3n) is 3.41. The Morgan fingerprint density at radius 2 is 2.17 bits per heavy atom. The summed E-state index contributed by atoms with van der Waals surface area (Å²) < 4.78 is 10.7. The number of carbonyl (C=O) groups is 1. The van der Waals surface area contributed by atoms with E-state index in [1.54, 1.807) is 13.8 Å². The molecule has 6 nitrogen and oxygen atoms in total. The topological polar surface area (TPSA) is 71.0 Å². The highest BCUT2D eigenvalue weighted by Gasteiger charge is 2.43. The van der Waals surface area contributed by atoms with Gasteiger partial charge in [-0.15, -0.1) is 0 Å². The fourth-order valence-electron chi connectivity index (χ4n) is 2.17. The van der Waals surface area contributed by atoms with Crippen LogP contribution in [0.15, 0.2) is 0 Å². The molecule has 0 aromatic carbocycles. The average molecular weight is 258 g/mol. The van der Waals surface area contributed by atoms with Crippen molar-refractivity contribution in [1.82, 2.24) is 10.2 Å². The molecule has 2 aliphatic heterocycles. The summed E-state index contributed by atoms with van der Waals surface area (Å²) in [7, 11) is 0. The zero-order valence-electron chi connectivity index (χ0n) is 11.2.